The first kappa shape index (κ1) is 15.2. The van der Waals surface area contributed by atoms with Crippen LogP contribution in [0.25, 0.3) is 0 Å². The van der Waals surface area contributed by atoms with E-state index in [2.05, 4.69) is 0 Å². The highest BCUT2D eigenvalue weighted by atomic mass is 35.5. The summed E-state index contributed by atoms with van der Waals surface area (Å²) in [5.74, 6) is 0. The van der Waals surface area contributed by atoms with E-state index >= 15 is 0 Å². The fourth-order valence-corrected chi connectivity index (χ4v) is 4.09. The summed E-state index contributed by atoms with van der Waals surface area (Å²) in [6, 6.07) is 13.3. The molecule has 0 saturated carbocycles. The molecular formula is C14H13Cl2NO2S. The molecule has 6 heteroatoms. The van der Waals surface area contributed by atoms with Gasteiger partial charge < -0.3 is 0 Å². The molecule has 0 aliphatic heterocycles. The minimum absolute atomic E-state index is 0.0115. The molecule has 0 atom stereocenters. The predicted molar refractivity (Wildman–Crippen MR) is 83.1 cm³/mol. The zero-order valence-electron chi connectivity index (χ0n) is 10.8. The molecule has 0 unspecified atom stereocenters. The van der Waals surface area contributed by atoms with Gasteiger partial charge in [-0.1, -0.05) is 41.4 Å². The van der Waals surface area contributed by atoms with E-state index in [4.69, 9.17) is 23.2 Å². The smallest absolute Gasteiger partial charge is 0.265 e. The van der Waals surface area contributed by atoms with Crippen LogP contribution in [0.5, 0.6) is 0 Å². The van der Waals surface area contributed by atoms with E-state index in [1.54, 1.807) is 37.3 Å². The Balaban J connectivity index is 2.56. The number of para-hydroxylation sites is 1. The van der Waals surface area contributed by atoms with Gasteiger partial charge in [-0.15, -0.1) is 0 Å². The molecule has 0 N–H and O–H groups in total. The largest absolute Gasteiger partial charge is 0.267 e. The van der Waals surface area contributed by atoms with E-state index in [1.165, 1.54) is 16.4 Å². The molecule has 0 heterocycles. The van der Waals surface area contributed by atoms with E-state index in [9.17, 15) is 8.42 Å². The fraction of sp³-hybridized carbons (Fsp3) is 0.143. The monoisotopic (exact) mass is 329 g/mol. The van der Waals surface area contributed by atoms with Crippen LogP contribution < -0.4 is 4.31 Å². The van der Waals surface area contributed by atoms with Crippen molar-refractivity contribution in [2.24, 2.45) is 0 Å². The Kier molecular flexibility index (Phi) is 4.58. The number of hydrogen-bond acceptors (Lipinski definition) is 2. The van der Waals surface area contributed by atoms with Crippen molar-refractivity contribution in [2.45, 2.75) is 11.8 Å². The van der Waals surface area contributed by atoms with Crippen LogP contribution in [0.4, 0.5) is 5.69 Å². The van der Waals surface area contributed by atoms with E-state index < -0.39 is 10.0 Å². The summed E-state index contributed by atoms with van der Waals surface area (Å²) in [7, 11) is -3.74. The zero-order chi connectivity index (χ0) is 14.8. The van der Waals surface area contributed by atoms with Crippen molar-refractivity contribution in [3.05, 3.63) is 58.6 Å². The van der Waals surface area contributed by atoms with Crippen molar-refractivity contribution < 1.29 is 8.42 Å². The lowest BCUT2D eigenvalue weighted by Gasteiger charge is -2.23. The van der Waals surface area contributed by atoms with Crippen molar-refractivity contribution in [3.8, 4) is 0 Å². The first-order valence-electron chi connectivity index (χ1n) is 5.99. The predicted octanol–water partition coefficient (Wildman–Crippen LogP) is 4.21. The second-order valence-corrected chi connectivity index (χ2v) is 6.75. The van der Waals surface area contributed by atoms with Gasteiger partial charge in [0.15, 0.2) is 0 Å². The van der Waals surface area contributed by atoms with Crippen LogP contribution >= 0.6 is 23.2 Å². The van der Waals surface area contributed by atoms with Crippen molar-refractivity contribution in [3.63, 3.8) is 0 Å². The highest BCUT2D eigenvalue weighted by Gasteiger charge is 2.26. The minimum atomic E-state index is -3.74. The summed E-state index contributed by atoms with van der Waals surface area (Å²) in [4.78, 5) is 0.0115. The maximum absolute atomic E-state index is 12.7. The topological polar surface area (TPSA) is 37.4 Å². The van der Waals surface area contributed by atoms with Crippen LogP contribution in [-0.4, -0.2) is 15.0 Å². The molecule has 0 aliphatic carbocycles. The van der Waals surface area contributed by atoms with Gasteiger partial charge in [0.1, 0.15) is 4.90 Å². The molecule has 0 fully saturated rings. The summed E-state index contributed by atoms with van der Waals surface area (Å²) in [6.45, 7) is 2.07. The van der Waals surface area contributed by atoms with Crippen LogP contribution in [0.3, 0.4) is 0 Å². The Morgan fingerprint density at radius 2 is 1.70 bits per heavy atom. The number of anilines is 1. The number of sulfonamides is 1. The highest BCUT2D eigenvalue weighted by Crippen LogP contribution is 2.30. The minimum Gasteiger partial charge on any atom is -0.267 e. The molecule has 0 aromatic heterocycles. The molecule has 0 aliphatic rings. The molecule has 0 spiro atoms. The Labute approximate surface area is 128 Å². The number of halogens is 2. The van der Waals surface area contributed by atoms with Gasteiger partial charge in [0.25, 0.3) is 10.0 Å². The average Bonchev–Trinajstić information content (AvgIpc) is 2.43. The Morgan fingerprint density at radius 3 is 2.30 bits per heavy atom. The zero-order valence-corrected chi connectivity index (χ0v) is 13.1. The van der Waals surface area contributed by atoms with Crippen molar-refractivity contribution >= 4 is 38.9 Å². The van der Waals surface area contributed by atoms with Crippen LogP contribution in [-0.2, 0) is 10.0 Å². The standard InChI is InChI=1S/C14H13Cl2NO2S/c1-2-17(12-6-4-3-5-7-12)20(18,19)14-10-11(15)8-9-13(14)16/h3-10H,2H2,1H3. The summed E-state index contributed by atoms with van der Waals surface area (Å²) >= 11 is 11.9. The van der Waals surface area contributed by atoms with Crippen LogP contribution in [0.15, 0.2) is 53.4 Å². The van der Waals surface area contributed by atoms with Gasteiger partial charge in [0, 0.05) is 11.6 Å². The van der Waals surface area contributed by atoms with Crippen LogP contribution in [0.1, 0.15) is 6.92 Å². The van der Waals surface area contributed by atoms with Gasteiger partial charge in [0.05, 0.1) is 10.7 Å². The van der Waals surface area contributed by atoms with Gasteiger partial charge >= 0.3 is 0 Å². The van der Waals surface area contributed by atoms with Crippen molar-refractivity contribution in [1.82, 2.24) is 0 Å². The number of nitrogens with zero attached hydrogens (tertiary/aromatic N) is 1. The number of benzene rings is 2. The SMILES string of the molecule is CCN(c1ccccc1)S(=O)(=O)c1cc(Cl)ccc1Cl. The molecule has 3 nitrogen and oxygen atoms in total. The third-order valence-corrected chi connectivity index (χ3v) is 5.41. The maximum Gasteiger partial charge on any atom is 0.265 e. The molecule has 106 valence electrons. The summed E-state index contributed by atoms with van der Waals surface area (Å²) < 4.78 is 26.7. The van der Waals surface area contributed by atoms with Gasteiger partial charge in [-0.25, -0.2) is 8.42 Å². The fourth-order valence-electron chi connectivity index (χ4n) is 1.88. The molecule has 0 amide bonds. The van der Waals surface area contributed by atoms with E-state index in [-0.39, 0.29) is 9.92 Å². The lowest BCUT2D eigenvalue weighted by molar-refractivity contribution is 0.592. The molecule has 0 bridgehead atoms. The Hall–Kier alpha value is -1.23. The van der Waals surface area contributed by atoms with Crippen molar-refractivity contribution in [2.75, 3.05) is 10.8 Å². The van der Waals surface area contributed by atoms with Gasteiger partial charge in [-0.05, 0) is 37.3 Å². The van der Waals surface area contributed by atoms with E-state index in [0.717, 1.165) is 0 Å². The normalized spacial score (nSPS) is 11.3. The Bertz CT molecular complexity index is 702. The summed E-state index contributed by atoms with van der Waals surface area (Å²) in [5, 5.41) is 0.487. The van der Waals surface area contributed by atoms with Crippen molar-refractivity contribution in [1.29, 1.82) is 0 Å². The lowest BCUT2D eigenvalue weighted by Crippen LogP contribution is -2.30. The quantitative estimate of drug-likeness (QED) is 0.842. The molecular weight excluding hydrogens is 317 g/mol. The van der Waals surface area contributed by atoms with Crippen LogP contribution in [0, 0.1) is 0 Å². The third-order valence-electron chi connectivity index (χ3n) is 2.79. The lowest BCUT2D eigenvalue weighted by atomic mass is 10.3. The average molecular weight is 330 g/mol. The molecule has 0 radical (unpaired) electrons. The summed E-state index contributed by atoms with van der Waals surface area (Å²) in [5.41, 5.74) is 0.589. The van der Waals surface area contributed by atoms with Crippen LogP contribution in [0.2, 0.25) is 10.0 Å². The summed E-state index contributed by atoms with van der Waals surface area (Å²) in [6.07, 6.45) is 0. The molecule has 2 aromatic rings. The molecule has 2 rings (SSSR count). The van der Waals surface area contributed by atoms with E-state index in [0.29, 0.717) is 17.3 Å². The first-order valence-corrected chi connectivity index (χ1v) is 8.19. The number of hydrogen-bond donors (Lipinski definition) is 0. The third kappa shape index (κ3) is 2.92. The highest BCUT2D eigenvalue weighted by molar-refractivity contribution is 7.93. The van der Waals surface area contributed by atoms with Gasteiger partial charge in [-0.2, -0.15) is 0 Å². The van der Waals surface area contributed by atoms with Gasteiger partial charge in [0.2, 0.25) is 0 Å². The van der Waals surface area contributed by atoms with Gasteiger partial charge in [-0.3, -0.25) is 4.31 Å². The Morgan fingerprint density at radius 1 is 1.05 bits per heavy atom. The molecule has 0 saturated heterocycles. The number of rotatable bonds is 4. The molecule has 2 aromatic carbocycles. The second-order valence-electron chi connectivity index (χ2n) is 4.08. The van der Waals surface area contributed by atoms with E-state index in [1.807, 2.05) is 6.07 Å². The first-order chi connectivity index (χ1) is 9.46. The second kappa shape index (κ2) is 6.04. The molecule has 20 heavy (non-hydrogen) atoms. The maximum atomic E-state index is 12.7.